The van der Waals surface area contributed by atoms with Gasteiger partial charge in [0.05, 0.1) is 29.6 Å². The number of benzene rings is 2. The number of likely N-dealkylation sites (tertiary alicyclic amines) is 1. The van der Waals surface area contributed by atoms with E-state index in [1.807, 2.05) is 47.0 Å². The SMILES string of the molecule is C[C@H]1CN(c2nc(OC[C@@H]3CCCN3C)nc3nc(-c4cccc5cccc(Cl)c45)n4nccc4c23)C[C@H](CC#N)N1. The van der Waals surface area contributed by atoms with Crippen molar-refractivity contribution < 1.29 is 4.74 Å². The molecule has 0 saturated carbocycles. The van der Waals surface area contributed by atoms with Gasteiger partial charge in [0.25, 0.3) is 0 Å². The molecule has 2 saturated heterocycles. The Kier molecular flexibility index (Phi) is 7.02. The van der Waals surface area contributed by atoms with E-state index >= 15 is 0 Å². The smallest absolute Gasteiger partial charge is 0.320 e. The van der Waals surface area contributed by atoms with Gasteiger partial charge >= 0.3 is 6.01 Å². The van der Waals surface area contributed by atoms with Crippen molar-refractivity contribution >= 4 is 44.7 Å². The molecule has 11 heteroatoms. The maximum atomic E-state index is 9.43. The molecule has 5 aromatic rings. The van der Waals surface area contributed by atoms with E-state index < -0.39 is 0 Å². The summed E-state index contributed by atoms with van der Waals surface area (Å²) in [5, 5.41) is 21.1. The van der Waals surface area contributed by atoms with E-state index in [9.17, 15) is 5.26 Å². The fourth-order valence-electron chi connectivity index (χ4n) is 6.43. The Hall–Kier alpha value is -4.04. The fourth-order valence-corrected chi connectivity index (χ4v) is 6.72. The van der Waals surface area contributed by atoms with Crippen LogP contribution in [-0.2, 0) is 0 Å². The molecule has 0 aliphatic carbocycles. The van der Waals surface area contributed by atoms with E-state index in [1.165, 1.54) is 0 Å². The van der Waals surface area contributed by atoms with Gasteiger partial charge in [-0.1, -0.05) is 41.9 Å². The summed E-state index contributed by atoms with van der Waals surface area (Å²) < 4.78 is 8.13. The van der Waals surface area contributed by atoms with Crippen molar-refractivity contribution in [2.45, 2.75) is 44.3 Å². The van der Waals surface area contributed by atoms with Gasteiger partial charge in [0, 0.05) is 47.2 Å². The highest BCUT2D eigenvalue weighted by Crippen LogP contribution is 2.37. The molecule has 10 nitrogen and oxygen atoms in total. The van der Waals surface area contributed by atoms with Crippen molar-refractivity contribution in [3.63, 3.8) is 0 Å². The number of likely N-dealkylation sites (N-methyl/N-ethyl adjacent to an activating group) is 1. The highest BCUT2D eigenvalue weighted by molar-refractivity contribution is 6.36. The molecule has 0 radical (unpaired) electrons. The number of fused-ring (bicyclic) bond motifs is 4. The Labute approximate surface area is 248 Å². The van der Waals surface area contributed by atoms with Gasteiger partial charge in [-0.25, -0.2) is 9.50 Å². The van der Waals surface area contributed by atoms with Crippen LogP contribution in [0.3, 0.4) is 0 Å². The number of rotatable bonds is 6. The summed E-state index contributed by atoms with van der Waals surface area (Å²) in [4.78, 5) is 19.6. The van der Waals surface area contributed by atoms with Crippen molar-refractivity contribution in [2.24, 2.45) is 0 Å². The van der Waals surface area contributed by atoms with Crippen molar-refractivity contribution in [1.29, 1.82) is 5.26 Å². The van der Waals surface area contributed by atoms with Crippen LogP contribution >= 0.6 is 11.6 Å². The quantitative estimate of drug-likeness (QED) is 0.305. The lowest BCUT2D eigenvalue weighted by Crippen LogP contribution is -2.55. The topological polar surface area (TPSA) is 108 Å². The normalized spacial score (nSPS) is 21.4. The van der Waals surface area contributed by atoms with Crippen LogP contribution in [0.15, 0.2) is 48.7 Å². The van der Waals surface area contributed by atoms with E-state index in [0.29, 0.717) is 48.1 Å². The molecule has 0 unspecified atom stereocenters. The molecule has 0 amide bonds. The summed E-state index contributed by atoms with van der Waals surface area (Å²) in [6, 6.07) is 17.1. The second kappa shape index (κ2) is 11.0. The van der Waals surface area contributed by atoms with Crippen LogP contribution in [0, 0.1) is 11.3 Å². The molecular formula is C31H32ClN9O. The third-order valence-electron chi connectivity index (χ3n) is 8.43. The number of ether oxygens (including phenoxy) is 1. The van der Waals surface area contributed by atoms with Crippen LogP contribution in [-0.4, -0.2) is 80.9 Å². The molecule has 2 aliphatic heterocycles. The molecular weight excluding hydrogens is 550 g/mol. The predicted molar refractivity (Wildman–Crippen MR) is 164 cm³/mol. The lowest BCUT2D eigenvalue weighted by Gasteiger charge is -2.38. The first kappa shape index (κ1) is 26.8. The molecule has 0 bridgehead atoms. The van der Waals surface area contributed by atoms with E-state index in [1.54, 1.807) is 6.20 Å². The molecule has 0 spiro atoms. The summed E-state index contributed by atoms with van der Waals surface area (Å²) in [6.07, 6.45) is 4.43. The first-order valence-electron chi connectivity index (χ1n) is 14.4. The Balaban J connectivity index is 1.42. The first-order chi connectivity index (χ1) is 20.5. The minimum atomic E-state index is 0.0197. The second-order valence-corrected chi connectivity index (χ2v) is 11.8. The second-order valence-electron chi connectivity index (χ2n) is 11.4. The number of hydrogen-bond acceptors (Lipinski definition) is 9. The van der Waals surface area contributed by atoms with Gasteiger partial charge < -0.3 is 19.9 Å². The Morgan fingerprint density at radius 3 is 2.76 bits per heavy atom. The van der Waals surface area contributed by atoms with Crippen LogP contribution in [0.4, 0.5) is 5.82 Å². The molecule has 3 atom stereocenters. The van der Waals surface area contributed by atoms with Crippen LogP contribution < -0.4 is 15.0 Å². The molecule has 5 heterocycles. The summed E-state index contributed by atoms with van der Waals surface area (Å²) in [6.45, 7) is 5.06. The zero-order valence-electron chi connectivity index (χ0n) is 23.7. The third kappa shape index (κ3) is 4.77. The maximum absolute atomic E-state index is 9.43. The van der Waals surface area contributed by atoms with Gasteiger partial charge in [0.2, 0.25) is 0 Å². The highest BCUT2D eigenvalue weighted by Gasteiger charge is 2.29. The Bertz CT molecular complexity index is 1830. The van der Waals surface area contributed by atoms with Crippen molar-refractivity contribution in [2.75, 3.05) is 38.2 Å². The molecule has 2 fully saturated rings. The number of nitrogens with zero attached hydrogens (tertiary/aromatic N) is 8. The number of halogens is 1. The zero-order valence-corrected chi connectivity index (χ0v) is 24.4. The van der Waals surface area contributed by atoms with E-state index in [2.05, 4.69) is 35.2 Å². The van der Waals surface area contributed by atoms with Crippen molar-refractivity contribution in [3.05, 3.63) is 53.7 Å². The summed E-state index contributed by atoms with van der Waals surface area (Å²) in [5.74, 6) is 1.38. The number of nitrogens with one attached hydrogen (secondary N) is 1. The van der Waals surface area contributed by atoms with E-state index in [4.69, 9.17) is 36.4 Å². The number of aromatic nitrogens is 5. The van der Waals surface area contributed by atoms with Gasteiger partial charge in [-0.15, -0.1) is 0 Å². The molecule has 2 aromatic carbocycles. The average molecular weight is 582 g/mol. The molecule has 214 valence electrons. The minimum Gasteiger partial charge on any atom is -0.462 e. The van der Waals surface area contributed by atoms with Crippen LogP contribution in [0.2, 0.25) is 5.02 Å². The van der Waals surface area contributed by atoms with Crippen LogP contribution in [0.5, 0.6) is 6.01 Å². The number of piperazine rings is 1. The number of hydrogen-bond donors (Lipinski definition) is 1. The average Bonchev–Trinajstić information content (AvgIpc) is 3.64. The fraction of sp³-hybridized carbons (Fsp3) is 0.387. The maximum Gasteiger partial charge on any atom is 0.320 e. The van der Waals surface area contributed by atoms with E-state index in [-0.39, 0.29) is 12.1 Å². The minimum absolute atomic E-state index is 0.0197. The lowest BCUT2D eigenvalue weighted by atomic mass is 10.0. The van der Waals surface area contributed by atoms with Gasteiger partial charge in [-0.05, 0) is 50.9 Å². The molecule has 42 heavy (non-hydrogen) atoms. The standard InChI is InChI=1S/C31H32ClN9O/c1-19-16-40(17-21(35-19)11-13-33)30-27-25-12-14-34-41(25)29(23-9-3-6-20-7-4-10-24(32)26(20)23)36-28(27)37-31(38-30)42-18-22-8-5-15-39(22)2/h3-4,6-7,9-10,12,14,19,21-22,35H,5,8,11,15-18H2,1-2H3/t19-,21-,22-/m0/s1. The van der Waals surface area contributed by atoms with Crippen molar-refractivity contribution in [3.8, 4) is 23.5 Å². The monoisotopic (exact) mass is 581 g/mol. The van der Waals surface area contributed by atoms with E-state index in [0.717, 1.165) is 59.0 Å². The third-order valence-corrected chi connectivity index (χ3v) is 8.74. The number of anilines is 1. The summed E-state index contributed by atoms with van der Waals surface area (Å²) >= 11 is 6.73. The van der Waals surface area contributed by atoms with Crippen LogP contribution in [0.25, 0.3) is 38.7 Å². The Morgan fingerprint density at radius 2 is 1.95 bits per heavy atom. The largest absolute Gasteiger partial charge is 0.462 e. The molecule has 3 aromatic heterocycles. The molecule has 1 N–H and O–H groups in total. The lowest BCUT2D eigenvalue weighted by molar-refractivity contribution is 0.188. The first-order valence-corrected chi connectivity index (χ1v) is 14.8. The zero-order chi connectivity index (χ0) is 28.8. The van der Waals surface area contributed by atoms with Crippen LogP contribution in [0.1, 0.15) is 26.2 Å². The Morgan fingerprint density at radius 1 is 1.10 bits per heavy atom. The predicted octanol–water partition coefficient (Wildman–Crippen LogP) is 4.70. The van der Waals surface area contributed by atoms with Crippen molar-refractivity contribution in [1.82, 2.24) is 34.8 Å². The summed E-state index contributed by atoms with van der Waals surface area (Å²) in [7, 11) is 2.13. The van der Waals surface area contributed by atoms with Gasteiger partial charge in [0.15, 0.2) is 11.5 Å². The highest BCUT2D eigenvalue weighted by atomic mass is 35.5. The van der Waals surface area contributed by atoms with Gasteiger partial charge in [-0.2, -0.15) is 20.3 Å². The van der Waals surface area contributed by atoms with Gasteiger partial charge in [0.1, 0.15) is 12.4 Å². The summed E-state index contributed by atoms with van der Waals surface area (Å²) in [5.41, 5.74) is 2.25. The molecule has 7 rings (SSSR count). The molecule has 2 aliphatic rings. The van der Waals surface area contributed by atoms with Gasteiger partial charge in [-0.3, -0.25) is 0 Å². The number of nitriles is 1.